The lowest BCUT2D eigenvalue weighted by molar-refractivity contribution is 0.0868. The summed E-state index contributed by atoms with van der Waals surface area (Å²) in [5.74, 6) is 0.575. The number of hydrogen-bond acceptors (Lipinski definition) is 3. The molecule has 4 nitrogen and oxygen atoms in total. The Morgan fingerprint density at radius 3 is 3.05 bits per heavy atom. The number of carbonyl (C=O) groups excluding carboxylic acids is 1. The number of ketones is 1. The number of Topliss-reactive ketones (excluding diaryl/α,β-unsaturated/α-hetero) is 1. The Balaban J connectivity index is 1.80. The summed E-state index contributed by atoms with van der Waals surface area (Å²) >= 11 is 0. The van der Waals surface area contributed by atoms with Gasteiger partial charge in [-0.05, 0) is 24.9 Å². The molecule has 0 spiro atoms. The highest BCUT2D eigenvalue weighted by atomic mass is 16.3. The first-order chi connectivity index (χ1) is 9.70. The van der Waals surface area contributed by atoms with Gasteiger partial charge >= 0.3 is 0 Å². The van der Waals surface area contributed by atoms with Crippen LogP contribution in [0.25, 0.3) is 10.9 Å². The molecule has 0 saturated carbocycles. The predicted octanol–water partition coefficient (Wildman–Crippen LogP) is 2.05. The summed E-state index contributed by atoms with van der Waals surface area (Å²) in [5.41, 5.74) is 1.74. The lowest BCUT2D eigenvalue weighted by Crippen LogP contribution is -2.38. The fraction of sp³-hybridized carbons (Fsp3) is 0.438. The van der Waals surface area contributed by atoms with E-state index < -0.39 is 0 Å². The molecule has 3 rings (SSSR count). The molecule has 0 radical (unpaired) electrons. The van der Waals surface area contributed by atoms with E-state index in [1.807, 2.05) is 24.3 Å². The Bertz CT molecular complexity index is 620. The van der Waals surface area contributed by atoms with Crippen LogP contribution in [-0.2, 0) is 0 Å². The van der Waals surface area contributed by atoms with Crippen molar-refractivity contribution in [1.29, 1.82) is 0 Å². The number of hydrogen-bond donors (Lipinski definition) is 2. The zero-order chi connectivity index (χ0) is 14.1. The zero-order valence-corrected chi connectivity index (χ0v) is 11.7. The first kappa shape index (κ1) is 13.3. The number of H-pyrrole nitrogens is 1. The van der Waals surface area contributed by atoms with Crippen LogP contribution in [0.15, 0.2) is 30.5 Å². The third-order valence-electron chi connectivity index (χ3n) is 4.42. The molecule has 2 N–H and O–H groups in total. The fourth-order valence-corrected chi connectivity index (χ4v) is 3.15. The number of nitrogens with zero attached hydrogens (tertiary/aromatic N) is 1. The standard InChI is InChI=1S/C16H20N2O2/c1-11-6-7-18(15(11)10-19)9-16(20)13-8-17-14-5-3-2-4-12(13)14/h2-5,8,11,15,17,19H,6-7,9-10H2,1H3. The van der Waals surface area contributed by atoms with Gasteiger partial charge in [0.15, 0.2) is 5.78 Å². The SMILES string of the molecule is CC1CCN(CC(=O)c2c[nH]c3ccccc23)C1CO. The summed E-state index contributed by atoms with van der Waals surface area (Å²) in [4.78, 5) is 17.7. The topological polar surface area (TPSA) is 56.3 Å². The Kier molecular flexibility index (Phi) is 3.59. The van der Waals surface area contributed by atoms with Crippen molar-refractivity contribution in [3.63, 3.8) is 0 Å². The van der Waals surface area contributed by atoms with Crippen LogP contribution in [-0.4, -0.2) is 46.5 Å². The second-order valence-corrected chi connectivity index (χ2v) is 5.66. The molecular weight excluding hydrogens is 252 g/mol. The summed E-state index contributed by atoms with van der Waals surface area (Å²) in [7, 11) is 0. The van der Waals surface area contributed by atoms with Crippen LogP contribution >= 0.6 is 0 Å². The molecule has 1 aliphatic rings. The quantitative estimate of drug-likeness (QED) is 0.838. The first-order valence-corrected chi connectivity index (χ1v) is 7.15. The molecule has 0 bridgehead atoms. The average Bonchev–Trinajstić information content (AvgIpc) is 3.02. The van der Waals surface area contributed by atoms with Gasteiger partial charge in [-0.2, -0.15) is 0 Å². The molecule has 1 aromatic carbocycles. The van der Waals surface area contributed by atoms with Crippen LogP contribution < -0.4 is 0 Å². The first-order valence-electron chi connectivity index (χ1n) is 7.15. The summed E-state index contributed by atoms with van der Waals surface area (Å²) in [6.07, 6.45) is 2.84. The van der Waals surface area contributed by atoms with Gasteiger partial charge in [-0.25, -0.2) is 0 Å². The number of aromatic amines is 1. The number of rotatable bonds is 4. The highest BCUT2D eigenvalue weighted by Gasteiger charge is 2.32. The van der Waals surface area contributed by atoms with Gasteiger partial charge in [-0.15, -0.1) is 0 Å². The number of aliphatic hydroxyl groups excluding tert-OH is 1. The van der Waals surface area contributed by atoms with Crippen LogP contribution in [0.4, 0.5) is 0 Å². The molecular formula is C16H20N2O2. The maximum Gasteiger partial charge on any atom is 0.178 e. The molecule has 106 valence electrons. The lowest BCUT2D eigenvalue weighted by atomic mass is 10.0. The number of nitrogens with one attached hydrogen (secondary N) is 1. The van der Waals surface area contributed by atoms with Gasteiger partial charge in [0.05, 0.1) is 13.2 Å². The van der Waals surface area contributed by atoms with E-state index in [0.717, 1.165) is 29.4 Å². The van der Waals surface area contributed by atoms with Crippen LogP contribution in [0.2, 0.25) is 0 Å². The van der Waals surface area contributed by atoms with E-state index in [-0.39, 0.29) is 18.4 Å². The van der Waals surface area contributed by atoms with Gasteiger partial charge in [0.25, 0.3) is 0 Å². The average molecular weight is 272 g/mol. The van der Waals surface area contributed by atoms with Gasteiger partial charge in [0.2, 0.25) is 0 Å². The third-order valence-corrected chi connectivity index (χ3v) is 4.42. The van der Waals surface area contributed by atoms with Crippen molar-refractivity contribution in [2.24, 2.45) is 5.92 Å². The maximum absolute atomic E-state index is 12.5. The molecule has 1 aliphatic heterocycles. The molecule has 2 unspecified atom stereocenters. The number of carbonyl (C=O) groups is 1. The molecule has 2 heterocycles. The monoisotopic (exact) mass is 272 g/mol. The van der Waals surface area contributed by atoms with E-state index in [9.17, 15) is 9.90 Å². The van der Waals surface area contributed by atoms with Crippen LogP contribution in [0.3, 0.4) is 0 Å². The van der Waals surface area contributed by atoms with Crippen LogP contribution in [0.1, 0.15) is 23.7 Å². The van der Waals surface area contributed by atoms with Crippen LogP contribution in [0, 0.1) is 5.92 Å². The number of aliphatic hydroxyl groups is 1. The highest BCUT2D eigenvalue weighted by molar-refractivity contribution is 6.08. The Morgan fingerprint density at radius 1 is 1.45 bits per heavy atom. The molecule has 20 heavy (non-hydrogen) atoms. The Morgan fingerprint density at radius 2 is 2.25 bits per heavy atom. The second-order valence-electron chi connectivity index (χ2n) is 5.66. The second kappa shape index (κ2) is 5.38. The molecule has 1 saturated heterocycles. The van der Waals surface area contributed by atoms with E-state index >= 15 is 0 Å². The van der Waals surface area contributed by atoms with Crippen molar-refractivity contribution in [3.05, 3.63) is 36.0 Å². The normalized spacial score (nSPS) is 23.5. The maximum atomic E-state index is 12.5. The molecule has 1 fully saturated rings. The van der Waals surface area contributed by atoms with Gasteiger partial charge in [0.1, 0.15) is 0 Å². The summed E-state index contributed by atoms with van der Waals surface area (Å²) in [6, 6.07) is 7.96. The van der Waals surface area contributed by atoms with Crippen molar-refractivity contribution in [1.82, 2.24) is 9.88 Å². The molecule has 0 amide bonds. The minimum absolute atomic E-state index is 0.115. The van der Waals surface area contributed by atoms with Crippen molar-refractivity contribution in [2.75, 3.05) is 19.7 Å². The number of para-hydroxylation sites is 1. The van der Waals surface area contributed by atoms with Gasteiger partial charge in [-0.1, -0.05) is 25.1 Å². The smallest absolute Gasteiger partial charge is 0.178 e. The molecule has 4 heteroatoms. The predicted molar refractivity (Wildman–Crippen MR) is 78.9 cm³/mol. The van der Waals surface area contributed by atoms with Crippen molar-refractivity contribution in [2.45, 2.75) is 19.4 Å². The van der Waals surface area contributed by atoms with Gasteiger partial charge in [-0.3, -0.25) is 9.69 Å². The fourth-order valence-electron chi connectivity index (χ4n) is 3.15. The lowest BCUT2D eigenvalue weighted by Gasteiger charge is -2.24. The van der Waals surface area contributed by atoms with Crippen molar-refractivity contribution in [3.8, 4) is 0 Å². The van der Waals surface area contributed by atoms with E-state index in [0.29, 0.717) is 12.5 Å². The largest absolute Gasteiger partial charge is 0.395 e. The minimum Gasteiger partial charge on any atom is -0.395 e. The van der Waals surface area contributed by atoms with Gasteiger partial charge in [0, 0.05) is 28.7 Å². The summed E-state index contributed by atoms with van der Waals surface area (Å²) < 4.78 is 0. The highest BCUT2D eigenvalue weighted by Crippen LogP contribution is 2.25. The van der Waals surface area contributed by atoms with Crippen molar-refractivity contribution < 1.29 is 9.90 Å². The van der Waals surface area contributed by atoms with Gasteiger partial charge < -0.3 is 10.1 Å². The molecule has 2 aromatic rings. The van der Waals surface area contributed by atoms with Crippen molar-refractivity contribution >= 4 is 16.7 Å². The van der Waals surface area contributed by atoms with E-state index in [1.54, 1.807) is 6.20 Å². The zero-order valence-electron chi connectivity index (χ0n) is 11.7. The van der Waals surface area contributed by atoms with E-state index in [1.165, 1.54) is 0 Å². The van der Waals surface area contributed by atoms with E-state index in [2.05, 4.69) is 16.8 Å². The number of fused-ring (bicyclic) bond motifs is 1. The molecule has 1 aromatic heterocycles. The molecule has 0 aliphatic carbocycles. The number of aromatic nitrogens is 1. The Hall–Kier alpha value is -1.65. The minimum atomic E-state index is 0.115. The molecule has 2 atom stereocenters. The van der Waals surface area contributed by atoms with Crippen LogP contribution in [0.5, 0.6) is 0 Å². The number of likely N-dealkylation sites (tertiary alicyclic amines) is 1. The Labute approximate surface area is 118 Å². The summed E-state index contributed by atoms with van der Waals surface area (Å²) in [6.45, 7) is 3.54. The third kappa shape index (κ3) is 2.25. The van der Waals surface area contributed by atoms with E-state index in [4.69, 9.17) is 0 Å². The number of benzene rings is 1. The summed E-state index contributed by atoms with van der Waals surface area (Å²) in [5, 5.41) is 10.4.